The third-order valence-electron chi connectivity index (χ3n) is 5.90. The number of nitrogens with one attached hydrogen (secondary N) is 1. The van der Waals surface area contributed by atoms with Crippen molar-refractivity contribution < 1.29 is 18.0 Å². The van der Waals surface area contributed by atoms with Gasteiger partial charge in [0.25, 0.3) is 10.0 Å². The molecule has 0 saturated heterocycles. The molecule has 38 heavy (non-hydrogen) atoms. The number of aryl methyl sites for hydroxylation is 1. The normalized spacial score (nSPS) is 12.5. The summed E-state index contributed by atoms with van der Waals surface area (Å²) in [7, 11) is -4.12. The summed E-state index contributed by atoms with van der Waals surface area (Å²) in [6.45, 7) is 8.60. The first-order valence-corrected chi connectivity index (χ1v) is 14.1. The van der Waals surface area contributed by atoms with E-state index in [1.54, 1.807) is 50.2 Å². The molecule has 3 aromatic carbocycles. The number of carbonyl (C=O) groups is 2. The molecule has 0 aliphatic heterocycles. The van der Waals surface area contributed by atoms with Gasteiger partial charge >= 0.3 is 0 Å². The van der Waals surface area contributed by atoms with Gasteiger partial charge in [-0.15, -0.1) is 0 Å². The number of halogens is 1. The monoisotopic (exact) mass is 555 g/mol. The molecule has 2 amide bonds. The van der Waals surface area contributed by atoms with Crippen molar-refractivity contribution in [1.82, 2.24) is 10.2 Å². The number of carbonyl (C=O) groups excluding carboxylic acids is 2. The van der Waals surface area contributed by atoms with E-state index in [1.165, 1.54) is 17.0 Å². The molecular formula is C29H34ClN3O4S. The summed E-state index contributed by atoms with van der Waals surface area (Å²) < 4.78 is 28.7. The third-order valence-corrected chi connectivity index (χ3v) is 7.91. The van der Waals surface area contributed by atoms with Crippen molar-refractivity contribution in [3.63, 3.8) is 0 Å². The molecule has 3 aromatic rings. The summed E-state index contributed by atoms with van der Waals surface area (Å²) in [6, 6.07) is 21.2. The Balaban J connectivity index is 2.05. The fraction of sp³-hybridized carbons (Fsp3) is 0.310. The molecule has 0 fully saturated rings. The van der Waals surface area contributed by atoms with Gasteiger partial charge in [-0.25, -0.2) is 8.42 Å². The maximum atomic E-state index is 13.9. The fourth-order valence-electron chi connectivity index (χ4n) is 3.97. The summed E-state index contributed by atoms with van der Waals surface area (Å²) in [5.41, 5.74) is 1.24. The predicted octanol–water partition coefficient (Wildman–Crippen LogP) is 5.18. The van der Waals surface area contributed by atoms with Crippen molar-refractivity contribution in [3.8, 4) is 0 Å². The minimum atomic E-state index is -4.12. The lowest BCUT2D eigenvalue weighted by Crippen LogP contribution is -2.54. The highest BCUT2D eigenvalue weighted by Gasteiger charge is 2.33. The third kappa shape index (κ3) is 7.36. The van der Waals surface area contributed by atoms with Gasteiger partial charge < -0.3 is 10.2 Å². The molecule has 0 unspecified atom stereocenters. The van der Waals surface area contributed by atoms with Crippen LogP contribution in [0.4, 0.5) is 5.69 Å². The Labute approximate surface area is 230 Å². The first-order chi connectivity index (χ1) is 17.8. The van der Waals surface area contributed by atoms with E-state index < -0.39 is 34.1 Å². The lowest BCUT2D eigenvalue weighted by atomic mass is 10.1. The lowest BCUT2D eigenvalue weighted by Gasteiger charge is -2.33. The van der Waals surface area contributed by atoms with Crippen LogP contribution in [0.1, 0.15) is 38.8 Å². The standard InChI is InChI=1S/C29H34ClN3O4S/c1-21-18-24(30)16-17-26(21)33(38(36,37)25-14-10-7-11-15-25)20-27(34)32(19-23-12-8-6-9-13-23)22(2)28(35)31-29(3,4)5/h6-18,22H,19-20H2,1-5H3,(H,31,35)/t22-/m0/s1. The Kier molecular flexibility index (Phi) is 9.22. The second kappa shape index (κ2) is 12.0. The molecule has 0 bridgehead atoms. The first kappa shape index (κ1) is 29.2. The number of nitrogens with zero attached hydrogens (tertiary/aromatic N) is 2. The van der Waals surface area contributed by atoms with Crippen molar-refractivity contribution in [3.05, 3.63) is 95.0 Å². The van der Waals surface area contributed by atoms with Gasteiger partial charge in [0.2, 0.25) is 11.8 Å². The van der Waals surface area contributed by atoms with Crippen LogP contribution in [0.5, 0.6) is 0 Å². The van der Waals surface area contributed by atoms with E-state index in [0.717, 1.165) is 9.87 Å². The molecule has 3 rings (SSSR count). The van der Waals surface area contributed by atoms with Crippen LogP contribution in [0, 0.1) is 6.92 Å². The molecule has 0 aliphatic carbocycles. The summed E-state index contributed by atoms with van der Waals surface area (Å²) in [5, 5.41) is 3.37. The number of hydrogen-bond acceptors (Lipinski definition) is 4. The van der Waals surface area contributed by atoms with Gasteiger partial charge in [0, 0.05) is 17.1 Å². The predicted molar refractivity (Wildman–Crippen MR) is 152 cm³/mol. The SMILES string of the molecule is Cc1cc(Cl)ccc1N(CC(=O)N(Cc1ccccc1)[C@@H](C)C(=O)NC(C)(C)C)S(=O)(=O)c1ccccc1. The number of amides is 2. The van der Waals surface area contributed by atoms with Crippen LogP contribution in [-0.2, 0) is 26.2 Å². The molecule has 0 aliphatic rings. The van der Waals surface area contributed by atoms with E-state index in [0.29, 0.717) is 16.3 Å². The van der Waals surface area contributed by atoms with Crippen LogP contribution < -0.4 is 9.62 Å². The molecule has 0 aromatic heterocycles. The summed E-state index contributed by atoms with van der Waals surface area (Å²) in [4.78, 5) is 28.5. The molecule has 9 heteroatoms. The number of anilines is 1. The number of hydrogen-bond donors (Lipinski definition) is 1. The average molecular weight is 556 g/mol. The van der Waals surface area contributed by atoms with Crippen LogP contribution >= 0.6 is 11.6 Å². The van der Waals surface area contributed by atoms with Crippen LogP contribution in [0.3, 0.4) is 0 Å². The van der Waals surface area contributed by atoms with E-state index in [2.05, 4.69) is 5.32 Å². The zero-order chi connectivity index (χ0) is 28.1. The van der Waals surface area contributed by atoms with Gasteiger partial charge in [-0.1, -0.05) is 60.1 Å². The molecule has 0 saturated carbocycles. The first-order valence-electron chi connectivity index (χ1n) is 12.3. The molecular weight excluding hydrogens is 522 g/mol. The zero-order valence-electron chi connectivity index (χ0n) is 22.3. The highest BCUT2D eigenvalue weighted by atomic mass is 35.5. The minimum absolute atomic E-state index is 0.0512. The molecule has 1 atom stereocenters. The zero-order valence-corrected chi connectivity index (χ0v) is 23.9. The Morgan fingerprint density at radius 2 is 1.53 bits per heavy atom. The van der Waals surface area contributed by atoms with E-state index >= 15 is 0 Å². The second-order valence-corrected chi connectivity index (χ2v) is 12.5. The van der Waals surface area contributed by atoms with Crippen LogP contribution in [0.15, 0.2) is 83.8 Å². The second-order valence-electron chi connectivity index (χ2n) is 10.2. The van der Waals surface area contributed by atoms with E-state index in [1.807, 2.05) is 51.1 Å². The molecule has 0 radical (unpaired) electrons. The molecule has 0 spiro atoms. The van der Waals surface area contributed by atoms with Gasteiger partial charge in [0.15, 0.2) is 0 Å². The average Bonchev–Trinajstić information content (AvgIpc) is 2.86. The highest BCUT2D eigenvalue weighted by Crippen LogP contribution is 2.29. The van der Waals surface area contributed by atoms with Crippen molar-refractivity contribution >= 4 is 39.1 Å². The Hall–Kier alpha value is -3.36. The number of benzene rings is 3. The smallest absolute Gasteiger partial charge is 0.264 e. The van der Waals surface area contributed by atoms with Crippen LogP contribution in [0.25, 0.3) is 0 Å². The Morgan fingerprint density at radius 3 is 2.08 bits per heavy atom. The van der Waals surface area contributed by atoms with Gasteiger partial charge in [-0.3, -0.25) is 13.9 Å². The maximum absolute atomic E-state index is 13.9. The summed E-state index contributed by atoms with van der Waals surface area (Å²) in [5.74, 6) is -0.846. The fourth-order valence-corrected chi connectivity index (χ4v) is 5.69. The lowest BCUT2D eigenvalue weighted by molar-refractivity contribution is -0.140. The van der Waals surface area contributed by atoms with Gasteiger partial charge in [0.1, 0.15) is 12.6 Å². The topological polar surface area (TPSA) is 86.8 Å². The van der Waals surface area contributed by atoms with Crippen molar-refractivity contribution in [1.29, 1.82) is 0 Å². The van der Waals surface area contributed by atoms with Gasteiger partial charge in [0.05, 0.1) is 10.6 Å². The largest absolute Gasteiger partial charge is 0.350 e. The van der Waals surface area contributed by atoms with E-state index in [-0.39, 0.29) is 17.3 Å². The minimum Gasteiger partial charge on any atom is -0.350 e. The quantitative estimate of drug-likeness (QED) is 0.394. The van der Waals surface area contributed by atoms with Gasteiger partial charge in [-0.2, -0.15) is 0 Å². The Morgan fingerprint density at radius 1 is 0.947 bits per heavy atom. The molecule has 1 N–H and O–H groups in total. The van der Waals surface area contributed by atoms with E-state index in [4.69, 9.17) is 11.6 Å². The highest BCUT2D eigenvalue weighted by molar-refractivity contribution is 7.92. The summed E-state index contributed by atoms with van der Waals surface area (Å²) >= 11 is 6.14. The van der Waals surface area contributed by atoms with Crippen LogP contribution in [-0.4, -0.2) is 43.3 Å². The van der Waals surface area contributed by atoms with E-state index in [9.17, 15) is 18.0 Å². The van der Waals surface area contributed by atoms with Crippen molar-refractivity contribution in [2.24, 2.45) is 0 Å². The van der Waals surface area contributed by atoms with Crippen molar-refractivity contribution in [2.45, 2.75) is 57.6 Å². The van der Waals surface area contributed by atoms with Gasteiger partial charge in [-0.05, 0) is 76.1 Å². The number of rotatable bonds is 9. The summed E-state index contributed by atoms with van der Waals surface area (Å²) in [6.07, 6.45) is 0. The molecule has 7 nitrogen and oxygen atoms in total. The number of sulfonamides is 1. The molecule has 0 heterocycles. The van der Waals surface area contributed by atoms with Crippen molar-refractivity contribution in [2.75, 3.05) is 10.8 Å². The Bertz CT molecular complexity index is 1370. The van der Waals surface area contributed by atoms with Crippen LogP contribution in [0.2, 0.25) is 5.02 Å². The molecule has 202 valence electrons. The maximum Gasteiger partial charge on any atom is 0.264 e.